The van der Waals surface area contributed by atoms with Crippen molar-refractivity contribution in [3.8, 4) is 0 Å². The number of nitrogens with zero attached hydrogens (tertiary/aromatic N) is 4. The van der Waals surface area contributed by atoms with Crippen LogP contribution in [0.4, 0.5) is 0 Å². The molecule has 6 nitrogen and oxygen atoms in total. The quantitative estimate of drug-likeness (QED) is 0.579. The van der Waals surface area contributed by atoms with Gasteiger partial charge in [-0.05, 0) is 25.5 Å². The highest BCUT2D eigenvalue weighted by Gasteiger charge is 2.17. The zero-order chi connectivity index (χ0) is 13.8. The maximum atomic E-state index is 12.4. The minimum absolute atomic E-state index is 0.0985. The Bertz CT molecular complexity index is 551. The molecule has 0 saturated heterocycles. The molecule has 0 aliphatic carbocycles. The molecule has 102 valence electrons. The van der Waals surface area contributed by atoms with Crippen LogP contribution >= 0.6 is 0 Å². The summed E-state index contributed by atoms with van der Waals surface area (Å²) >= 11 is 0. The average molecular weight is 262 g/mol. The number of rotatable bonds is 6. The lowest BCUT2D eigenvalue weighted by atomic mass is 10.2. The Balaban J connectivity index is 2.17. The Morgan fingerprint density at radius 1 is 1.47 bits per heavy atom. The number of hydrogen-bond acceptors (Lipinski definition) is 4. The molecule has 0 unspecified atom stereocenters. The van der Waals surface area contributed by atoms with Crippen molar-refractivity contribution < 1.29 is 9.53 Å². The summed E-state index contributed by atoms with van der Waals surface area (Å²) in [6, 6.07) is 3.51. The molecule has 0 radical (unpaired) electrons. The molecule has 0 amide bonds. The zero-order valence-corrected chi connectivity index (χ0v) is 11.5. The van der Waals surface area contributed by atoms with Gasteiger partial charge in [-0.1, -0.05) is 0 Å². The van der Waals surface area contributed by atoms with Gasteiger partial charge in [-0.25, -0.2) is 0 Å². The van der Waals surface area contributed by atoms with Crippen LogP contribution in [0.15, 0.2) is 18.3 Å². The summed E-state index contributed by atoms with van der Waals surface area (Å²) in [6.45, 7) is 3.23. The van der Waals surface area contributed by atoms with Gasteiger partial charge in [0.05, 0.1) is 0 Å². The number of ether oxygens (including phenoxy) is 1. The molecule has 2 aromatic heterocycles. The number of ketones is 1. The van der Waals surface area contributed by atoms with E-state index in [0.29, 0.717) is 24.5 Å². The standard InChI is InChI=1S/C13H18N4O2/c1-10-9-11(15-16(10)2)13(18)12-5-6-14-17(12)7-4-8-19-3/h5-6,9H,4,7-8H2,1-3H3. The summed E-state index contributed by atoms with van der Waals surface area (Å²) in [4.78, 5) is 12.4. The van der Waals surface area contributed by atoms with E-state index >= 15 is 0 Å². The van der Waals surface area contributed by atoms with Crippen molar-refractivity contribution in [2.24, 2.45) is 7.05 Å². The highest BCUT2D eigenvalue weighted by atomic mass is 16.5. The van der Waals surface area contributed by atoms with Gasteiger partial charge < -0.3 is 4.74 Å². The van der Waals surface area contributed by atoms with Gasteiger partial charge in [0.2, 0.25) is 5.78 Å². The molecule has 0 fully saturated rings. The van der Waals surface area contributed by atoms with Crippen LogP contribution in [0.3, 0.4) is 0 Å². The van der Waals surface area contributed by atoms with E-state index in [1.165, 1.54) is 0 Å². The Kier molecular flexibility index (Phi) is 4.11. The fourth-order valence-electron chi connectivity index (χ4n) is 1.87. The fourth-order valence-corrected chi connectivity index (χ4v) is 1.87. The van der Waals surface area contributed by atoms with Crippen LogP contribution in [-0.2, 0) is 18.3 Å². The number of hydrogen-bond donors (Lipinski definition) is 0. The van der Waals surface area contributed by atoms with Gasteiger partial charge in [0.1, 0.15) is 11.4 Å². The summed E-state index contributed by atoms with van der Waals surface area (Å²) in [7, 11) is 3.48. The van der Waals surface area contributed by atoms with Crippen molar-refractivity contribution >= 4 is 5.78 Å². The molecule has 2 rings (SSSR count). The molecule has 0 atom stereocenters. The molecule has 19 heavy (non-hydrogen) atoms. The topological polar surface area (TPSA) is 61.9 Å². The molecule has 0 saturated carbocycles. The molecule has 0 aliphatic heterocycles. The van der Waals surface area contributed by atoms with Crippen molar-refractivity contribution in [2.45, 2.75) is 19.9 Å². The minimum Gasteiger partial charge on any atom is -0.385 e. The van der Waals surface area contributed by atoms with E-state index in [0.717, 1.165) is 12.1 Å². The van der Waals surface area contributed by atoms with Crippen molar-refractivity contribution in [2.75, 3.05) is 13.7 Å². The van der Waals surface area contributed by atoms with Crippen LogP contribution in [0.25, 0.3) is 0 Å². The van der Waals surface area contributed by atoms with E-state index in [-0.39, 0.29) is 5.78 Å². The Morgan fingerprint density at radius 2 is 2.26 bits per heavy atom. The number of aromatic nitrogens is 4. The molecule has 0 spiro atoms. The van der Waals surface area contributed by atoms with Crippen LogP contribution in [0, 0.1) is 6.92 Å². The lowest BCUT2D eigenvalue weighted by Crippen LogP contribution is -2.13. The Hall–Kier alpha value is -1.95. The minimum atomic E-state index is -0.0985. The summed E-state index contributed by atoms with van der Waals surface area (Å²) in [5.41, 5.74) is 1.97. The third-order valence-electron chi connectivity index (χ3n) is 3.01. The first-order valence-electron chi connectivity index (χ1n) is 6.19. The predicted octanol–water partition coefficient (Wildman–Crippen LogP) is 1.19. The second-order valence-corrected chi connectivity index (χ2v) is 4.41. The van der Waals surface area contributed by atoms with E-state index in [1.54, 1.807) is 34.8 Å². The SMILES string of the molecule is COCCCn1nccc1C(=O)c1cc(C)n(C)n1. The van der Waals surface area contributed by atoms with Crippen LogP contribution in [0.1, 0.15) is 28.3 Å². The summed E-state index contributed by atoms with van der Waals surface area (Å²) in [5, 5.41) is 8.37. The summed E-state index contributed by atoms with van der Waals surface area (Å²) in [5.74, 6) is -0.0985. The lowest BCUT2D eigenvalue weighted by Gasteiger charge is -2.05. The smallest absolute Gasteiger partial charge is 0.231 e. The molecule has 2 heterocycles. The molecule has 0 aromatic carbocycles. The molecular formula is C13H18N4O2. The number of aryl methyl sites for hydroxylation is 3. The molecule has 0 N–H and O–H groups in total. The van der Waals surface area contributed by atoms with E-state index in [1.807, 2.05) is 14.0 Å². The lowest BCUT2D eigenvalue weighted by molar-refractivity contribution is 0.102. The maximum Gasteiger partial charge on any atom is 0.231 e. The molecular weight excluding hydrogens is 244 g/mol. The Morgan fingerprint density at radius 3 is 2.89 bits per heavy atom. The van der Waals surface area contributed by atoms with E-state index in [2.05, 4.69) is 10.2 Å². The predicted molar refractivity (Wildman–Crippen MR) is 70.1 cm³/mol. The summed E-state index contributed by atoms with van der Waals surface area (Å²) in [6.07, 6.45) is 2.45. The van der Waals surface area contributed by atoms with Gasteiger partial charge >= 0.3 is 0 Å². The molecule has 2 aromatic rings. The molecule has 0 aliphatic rings. The monoisotopic (exact) mass is 262 g/mol. The van der Waals surface area contributed by atoms with Gasteiger partial charge in [-0.2, -0.15) is 10.2 Å². The third kappa shape index (κ3) is 2.90. The van der Waals surface area contributed by atoms with Crippen molar-refractivity contribution in [1.29, 1.82) is 0 Å². The first-order chi connectivity index (χ1) is 9.13. The van der Waals surface area contributed by atoms with E-state index in [4.69, 9.17) is 4.74 Å². The van der Waals surface area contributed by atoms with Gasteiger partial charge in [-0.3, -0.25) is 14.2 Å². The first-order valence-corrected chi connectivity index (χ1v) is 6.19. The fraction of sp³-hybridized carbons (Fsp3) is 0.462. The van der Waals surface area contributed by atoms with Gasteiger partial charge in [-0.15, -0.1) is 0 Å². The molecule has 0 bridgehead atoms. The van der Waals surface area contributed by atoms with Gasteiger partial charge in [0.15, 0.2) is 0 Å². The van der Waals surface area contributed by atoms with Gasteiger partial charge in [0.25, 0.3) is 0 Å². The maximum absolute atomic E-state index is 12.4. The highest BCUT2D eigenvalue weighted by Crippen LogP contribution is 2.10. The van der Waals surface area contributed by atoms with E-state index in [9.17, 15) is 4.79 Å². The van der Waals surface area contributed by atoms with E-state index < -0.39 is 0 Å². The second-order valence-electron chi connectivity index (χ2n) is 4.41. The van der Waals surface area contributed by atoms with Crippen LogP contribution in [-0.4, -0.2) is 39.1 Å². The van der Waals surface area contributed by atoms with Crippen LogP contribution < -0.4 is 0 Å². The van der Waals surface area contributed by atoms with Crippen LogP contribution in [0.5, 0.6) is 0 Å². The Labute approximate surface area is 112 Å². The normalized spacial score (nSPS) is 10.9. The highest BCUT2D eigenvalue weighted by molar-refractivity contribution is 6.06. The summed E-state index contributed by atoms with van der Waals surface area (Å²) < 4.78 is 8.40. The van der Waals surface area contributed by atoms with Crippen molar-refractivity contribution in [1.82, 2.24) is 19.6 Å². The number of carbonyl (C=O) groups excluding carboxylic acids is 1. The van der Waals surface area contributed by atoms with Gasteiger partial charge in [0, 0.05) is 39.2 Å². The number of methoxy groups -OCH3 is 1. The van der Waals surface area contributed by atoms with Crippen molar-refractivity contribution in [3.05, 3.63) is 35.4 Å². The zero-order valence-electron chi connectivity index (χ0n) is 11.5. The van der Waals surface area contributed by atoms with Crippen LogP contribution in [0.2, 0.25) is 0 Å². The largest absolute Gasteiger partial charge is 0.385 e. The third-order valence-corrected chi connectivity index (χ3v) is 3.01. The first kappa shape index (κ1) is 13.5. The van der Waals surface area contributed by atoms with Crippen molar-refractivity contribution in [3.63, 3.8) is 0 Å². The molecule has 6 heteroatoms. The number of carbonyl (C=O) groups is 1. The second kappa shape index (κ2) is 5.79. The average Bonchev–Trinajstić information content (AvgIpc) is 2.97.